The number of ether oxygens (including phenoxy) is 2. The lowest BCUT2D eigenvalue weighted by Crippen LogP contribution is -2.12. The molecule has 0 saturated carbocycles. The monoisotopic (exact) mass is 321 g/mol. The number of halogens is 2. The number of benzene rings is 2. The summed E-state index contributed by atoms with van der Waals surface area (Å²) >= 11 is 6.26. The Morgan fingerprint density at radius 2 is 1.73 bits per heavy atom. The van der Waals surface area contributed by atoms with Crippen LogP contribution in [0.3, 0.4) is 0 Å². The first-order valence-electron chi connectivity index (χ1n) is 7.25. The minimum Gasteiger partial charge on any atom is -0.489 e. The molecule has 0 saturated heterocycles. The minimum absolute atomic E-state index is 0.224. The third-order valence-corrected chi connectivity index (χ3v) is 3.71. The number of rotatable bonds is 4. The molecule has 22 heavy (non-hydrogen) atoms. The summed E-state index contributed by atoms with van der Waals surface area (Å²) in [6.07, 6.45) is 0.850. The Morgan fingerprint density at radius 3 is 2.55 bits per heavy atom. The van der Waals surface area contributed by atoms with Crippen molar-refractivity contribution in [3.63, 3.8) is 0 Å². The van der Waals surface area contributed by atoms with Gasteiger partial charge in [-0.2, -0.15) is 0 Å². The van der Waals surface area contributed by atoms with Crippen molar-refractivity contribution in [1.29, 1.82) is 0 Å². The van der Waals surface area contributed by atoms with Crippen LogP contribution in [0.15, 0.2) is 36.4 Å². The van der Waals surface area contributed by atoms with Gasteiger partial charge < -0.3 is 14.8 Å². The highest BCUT2D eigenvalue weighted by Crippen LogP contribution is 2.37. The van der Waals surface area contributed by atoms with Crippen LogP contribution in [0, 0.1) is 5.82 Å². The molecule has 0 radical (unpaired) electrons. The molecule has 0 spiro atoms. The molecule has 116 valence electrons. The van der Waals surface area contributed by atoms with Crippen LogP contribution in [0.4, 0.5) is 4.39 Å². The van der Waals surface area contributed by atoms with Gasteiger partial charge in [0.05, 0.1) is 18.2 Å². The maximum absolute atomic E-state index is 12.9. The lowest BCUT2D eigenvalue weighted by molar-refractivity contribution is 0.297. The third kappa shape index (κ3) is 3.70. The molecule has 0 amide bonds. The first kappa shape index (κ1) is 15.1. The van der Waals surface area contributed by atoms with Gasteiger partial charge >= 0.3 is 0 Å². The minimum atomic E-state index is -0.224. The van der Waals surface area contributed by atoms with Crippen molar-refractivity contribution >= 4 is 11.6 Å². The second kappa shape index (κ2) is 6.99. The van der Waals surface area contributed by atoms with E-state index in [1.807, 2.05) is 12.1 Å². The fourth-order valence-electron chi connectivity index (χ4n) is 2.34. The summed E-state index contributed by atoms with van der Waals surface area (Å²) in [7, 11) is 0. The van der Waals surface area contributed by atoms with Crippen molar-refractivity contribution in [2.45, 2.75) is 19.5 Å². The van der Waals surface area contributed by atoms with Gasteiger partial charge in [0, 0.05) is 19.5 Å². The molecule has 0 bridgehead atoms. The topological polar surface area (TPSA) is 30.5 Å². The number of nitrogens with one attached hydrogen (secondary N) is 1. The van der Waals surface area contributed by atoms with Crippen LogP contribution in [0.5, 0.6) is 11.5 Å². The summed E-state index contributed by atoms with van der Waals surface area (Å²) < 4.78 is 24.1. The number of hydrogen-bond donors (Lipinski definition) is 1. The van der Waals surface area contributed by atoms with E-state index in [0.29, 0.717) is 42.8 Å². The van der Waals surface area contributed by atoms with Gasteiger partial charge in [-0.1, -0.05) is 23.7 Å². The zero-order valence-corrected chi connectivity index (χ0v) is 12.8. The summed E-state index contributed by atoms with van der Waals surface area (Å²) in [6, 6.07) is 10.3. The van der Waals surface area contributed by atoms with E-state index in [4.69, 9.17) is 21.1 Å². The Kier molecular flexibility index (Phi) is 4.80. The van der Waals surface area contributed by atoms with Crippen LogP contribution in [0.1, 0.15) is 17.5 Å². The lowest BCUT2D eigenvalue weighted by Gasteiger charge is -2.12. The number of fused-ring (bicyclic) bond motifs is 1. The molecule has 0 aliphatic carbocycles. The molecule has 1 aliphatic heterocycles. The molecule has 5 heteroatoms. The van der Waals surface area contributed by atoms with E-state index < -0.39 is 0 Å². The van der Waals surface area contributed by atoms with Crippen LogP contribution < -0.4 is 14.8 Å². The fourth-order valence-corrected chi connectivity index (χ4v) is 2.63. The Bertz CT molecular complexity index is 646. The summed E-state index contributed by atoms with van der Waals surface area (Å²) in [5, 5.41) is 3.88. The number of hydrogen-bond acceptors (Lipinski definition) is 3. The molecule has 3 rings (SSSR count). The van der Waals surface area contributed by atoms with E-state index in [0.717, 1.165) is 17.5 Å². The lowest BCUT2D eigenvalue weighted by atomic mass is 10.2. The molecular weight excluding hydrogens is 305 g/mol. The predicted molar refractivity (Wildman–Crippen MR) is 84.0 cm³/mol. The normalized spacial score (nSPS) is 13.7. The molecule has 3 nitrogen and oxygen atoms in total. The van der Waals surface area contributed by atoms with Gasteiger partial charge in [-0.15, -0.1) is 0 Å². The van der Waals surface area contributed by atoms with Gasteiger partial charge in [-0.3, -0.25) is 0 Å². The zero-order valence-electron chi connectivity index (χ0n) is 12.1. The van der Waals surface area contributed by atoms with E-state index >= 15 is 0 Å². The predicted octanol–water partition coefficient (Wildman–Crippen LogP) is 3.93. The van der Waals surface area contributed by atoms with Gasteiger partial charge in [-0.25, -0.2) is 4.39 Å². The molecule has 0 atom stereocenters. The maximum atomic E-state index is 12.9. The first-order chi connectivity index (χ1) is 10.7. The van der Waals surface area contributed by atoms with Gasteiger partial charge in [-0.05, 0) is 35.4 Å². The molecule has 2 aromatic rings. The molecule has 0 aromatic heterocycles. The van der Waals surface area contributed by atoms with Crippen LogP contribution in [-0.4, -0.2) is 13.2 Å². The quantitative estimate of drug-likeness (QED) is 0.925. The van der Waals surface area contributed by atoms with Gasteiger partial charge in [0.2, 0.25) is 0 Å². The standard InChI is InChI=1S/C17H17ClFNO2/c18-15-8-13(9-16-17(15)22-7-1-6-21-16)11-20-10-12-2-4-14(19)5-3-12/h2-5,8-9,20H,1,6-7,10-11H2. The molecule has 0 unspecified atom stereocenters. The van der Waals surface area contributed by atoms with E-state index in [2.05, 4.69) is 5.32 Å². The second-order valence-corrected chi connectivity index (χ2v) is 5.59. The summed E-state index contributed by atoms with van der Waals surface area (Å²) in [5.74, 6) is 1.10. The largest absolute Gasteiger partial charge is 0.489 e. The zero-order chi connectivity index (χ0) is 15.4. The fraction of sp³-hybridized carbons (Fsp3) is 0.294. The van der Waals surface area contributed by atoms with Crippen LogP contribution in [-0.2, 0) is 13.1 Å². The van der Waals surface area contributed by atoms with Gasteiger partial charge in [0.25, 0.3) is 0 Å². The maximum Gasteiger partial charge on any atom is 0.179 e. The van der Waals surface area contributed by atoms with Gasteiger partial charge in [0.1, 0.15) is 5.82 Å². The molecule has 1 heterocycles. The smallest absolute Gasteiger partial charge is 0.179 e. The summed E-state index contributed by atoms with van der Waals surface area (Å²) in [5.41, 5.74) is 2.05. The van der Waals surface area contributed by atoms with Crippen molar-refractivity contribution < 1.29 is 13.9 Å². The van der Waals surface area contributed by atoms with Crippen molar-refractivity contribution in [2.75, 3.05) is 13.2 Å². The Morgan fingerprint density at radius 1 is 1.00 bits per heavy atom. The van der Waals surface area contributed by atoms with Crippen molar-refractivity contribution in [3.8, 4) is 11.5 Å². The van der Waals surface area contributed by atoms with E-state index in [1.165, 1.54) is 12.1 Å². The van der Waals surface area contributed by atoms with E-state index in [9.17, 15) is 4.39 Å². The summed E-state index contributed by atoms with van der Waals surface area (Å²) in [6.45, 7) is 2.56. The molecule has 1 N–H and O–H groups in total. The van der Waals surface area contributed by atoms with Crippen molar-refractivity contribution in [2.24, 2.45) is 0 Å². The average molecular weight is 322 g/mol. The molecule has 2 aromatic carbocycles. The second-order valence-electron chi connectivity index (χ2n) is 5.19. The van der Waals surface area contributed by atoms with Crippen LogP contribution in [0.2, 0.25) is 5.02 Å². The molecule has 1 aliphatic rings. The molecular formula is C17H17ClFNO2. The average Bonchev–Trinajstić information content (AvgIpc) is 2.75. The highest BCUT2D eigenvalue weighted by Gasteiger charge is 2.15. The highest BCUT2D eigenvalue weighted by atomic mass is 35.5. The van der Waals surface area contributed by atoms with Crippen LogP contribution >= 0.6 is 11.6 Å². The SMILES string of the molecule is Fc1ccc(CNCc2cc(Cl)c3c(c2)OCCCO3)cc1. The highest BCUT2D eigenvalue weighted by molar-refractivity contribution is 6.32. The Balaban J connectivity index is 1.64. The Hall–Kier alpha value is -1.78. The third-order valence-electron chi connectivity index (χ3n) is 3.43. The Labute approximate surface area is 134 Å². The van der Waals surface area contributed by atoms with Gasteiger partial charge in [0.15, 0.2) is 11.5 Å². The van der Waals surface area contributed by atoms with E-state index in [-0.39, 0.29) is 5.82 Å². The summed E-state index contributed by atoms with van der Waals surface area (Å²) in [4.78, 5) is 0. The van der Waals surface area contributed by atoms with Crippen LogP contribution in [0.25, 0.3) is 0 Å². The first-order valence-corrected chi connectivity index (χ1v) is 7.63. The van der Waals surface area contributed by atoms with E-state index in [1.54, 1.807) is 12.1 Å². The van der Waals surface area contributed by atoms with Crippen molar-refractivity contribution in [3.05, 3.63) is 58.4 Å². The molecule has 0 fully saturated rings. The van der Waals surface area contributed by atoms with Crippen molar-refractivity contribution in [1.82, 2.24) is 5.32 Å².